The van der Waals surface area contributed by atoms with Crippen LogP contribution in [0, 0.1) is 11.3 Å². The Hall–Kier alpha value is -1.09. The largest absolute Gasteiger partial charge is 0.394 e. The van der Waals surface area contributed by atoms with E-state index in [4.69, 9.17) is 15.5 Å². The molecule has 0 saturated heterocycles. The van der Waals surface area contributed by atoms with Crippen molar-refractivity contribution in [3.8, 4) is 6.07 Å². The molecule has 0 saturated carbocycles. The van der Waals surface area contributed by atoms with Crippen molar-refractivity contribution in [2.75, 3.05) is 18.5 Å². The molecule has 15 heavy (non-hydrogen) atoms. The number of anilines is 1. The molecular formula is C10H11BrN2O2. The van der Waals surface area contributed by atoms with Crippen molar-refractivity contribution in [3.05, 3.63) is 28.2 Å². The fourth-order valence-electron chi connectivity index (χ4n) is 1.05. The van der Waals surface area contributed by atoms with E-state index in [9.17, 15) is 0 Å². The maximum atomic E-state index is 9.15. The van der Waals surface area contributed by atoms with E-state index in [1.807, 2.05) is 6.07 Å². The lowest BCUT2D eigenvalue weighted by Crippen LogP contribution is -2.23. The highest BCUT2D eigenvalue weighted by atomic mass is 79.9. The molecule has 80 valence electrons. The number of aliphatic hydroxyl groups is 2. The standard InChI is InChI=1S/C10H11BrN2O2/c11-8-2-1-7(4-12)10(3-8)13-5-9(15)6-14/h1-3,9,13-15H,5-6H2. The summed E-state index contributed by atoms with van der Waals surface area (Å²) < 4.78 is 0.850. The SMILES string of the molecule is N#Cc1ccc(Br)cc1NCC(O)CO. The number of nitrogens with zero attached hydrogens (tertiary/aromatic N) is 1. The molecule has 5 heteroatoms. The molecule has 0 aliphatic heterocycles. The molecule has 1 unspecified atom stereocenters. The summed E-state index contributed by atoms with van der Waals surface area (Å²) in [5.41, 5.74) is 1.14. The number of aliphatic hydroxyl groups excluding tert-OH is 2. The number of rotatable bonds is 4. The van der Waals surface area contributed by atoms with Crippen molar-refractivity contribution in [1.29, 1.82) is 5.26 Å². The first-order chi connectivity index (χ1) is 7.17. The van der Waals surface area contributed by atoms with Crippen molar-refractivity contribution in [1.82, 2.24) is 0 Å². The zero-order chi connectivity index (χ0) is 11.3. The highest BCUT2D eigenvalue weighted by molar-refractivity contribution is 9.10. The van der Waals surface area contributed by atoms with Crippen molar-refractivity contribution < 1.29 is 10.2 Å². The molecule has 0 spiro atoms. The summed E-state index contributed by atoms with van der Waals surface area (Å²) in [6, 6.07) is 7.24. The molecule has 1 rings (SSSR count). The maximum absolute atomic E-state index is 9.15. The summed E-state index contributed by atoms with van der Waals surface area (Å²) in [7, 11) is 0. The Morgan fingerprint density at radius 2 is 2.27 bits per heavy atom. The van der Waals surface area contributed by atoms with Crippen LogP contribution >= 0.6 is 15.9 Å². The van der Waals surface area contributed by atoms with E-state index in [1.54, 1.807) is 18.2 Å². The molecule has 1 aromatic rings. The summed E-state index contributed by atoms with van der Waals surface area (Å²) in [5.74, 6) is 0. The Balaban J connectivity index is 2.75. The van der Waals surface area contributed by atoms with Gasteiger partial charge < -0.3 is 15.5 Å². The minimum absolute atomic E-state index is 0.210. The van der Waals surface area contributed by atoms with Gasteiger partial charge in [0, 0.05) is 11.0 Å². The Bertz CT molecular complexity index is 376. The monoisotopic (exact) mass is 270 g/mol. The zero-order valence-corrected chi connectivity index (χ0v) is 9.53. The average Bonchev–Trinajstić information content (AvgIpc) is 2.26. The number of halogens is 1. The second-order valence-corrected chi connectivity index (χ2v) is 3.93. The van der Waals surface area contributed by atoms with E-state index in [-0.39, 0.29) is 13.2 Å². The lowest BCUT2D eigenvalue weighted by Gasteiger charge is -2.11. The maximum Gasteiger partial charge on any atom is 0.101 e. The van der Waals surface area contributed by atoms with Crippen molar-refractivity contribution >= 4 is 21.6 Å². The molecule has 0 fully saturated rings. The normalized spacial score (nSPS) is 11.9. The van der Waals surface area contributed by atoms with Gasteiger partial charge in [-0.15, -0.1) is 0 Å². The van der Waals surface area contributed by atoms with Gasteiger partial charge in [-0.2, -0.15) is 5.26 Å². The van der Waals surface area contributed by atoms with Crippen LogP contribution in [0.25, 0.3) is 0 Å². The van der Waals surface area contributed by atoms with Crippen LogP contribution in [0.2, 0.25) is 0 Å². The van der Waals surface area contributed by atoms with E-state index < -0.39 is 6.10 Å². The van der Waals surface area contributed by atoms with Crippen molar-refractivity contribution in [3.63, 3.8) is 0 Å². The van der Waals surface area contributed by atoms with Gasteiger partial charge in [-0.25, -0.2) is 0 Å². The predicted octanol–water partition coefficient (Wildman–Crippen LogP) is 1.09. The molecule has 1 atom stereocenters. The molecule has 0 aliphatic rings. The van der Waals surface area contributed by atoms with Crippen LogP contribution in [0.5, 0.6) is 0 Å². The van der Waals surface area contributed by atoms with Gasteiger partial charge in [-0.05, 0) is 18.2 Å². The number of hydrogen-bond donors (Lipinski definition) is 3. The number of hydrogen-bond acceptors (Lipinski definition) is 4. The lowest BCUT2D eigenvalue weighted by atomic mass is 10.2. The summed E-state index contributed by atoms with van der Waals surface area (Å²) >= 11 is 3.29. The molecule has 0 radical (unpaired) electrons. The van der Waals surface area contributed by atoms with E-state index in [2.05, 4.69) is 21.2 Å². The summed E-state index contributed by atoms with van der Waals surface area (Å²) in [5, 5.41) is 29.5. The zero-order valence-electron chi connectivity index (χ0n) is 7.94. The molecule has 0 amide bonds. The van der Waals surface area contributed by atoms with Gasteiger partial charge in [0.1, 0.15) is 6.07 Å². The summed E-state index contributed by atoms with van der Waals surface area (Å²) in [4.78, 5) is 0. The molecule has 3 N–H and O–H groups in total. The van der Waals surface area contributed by atoms with Gasteiger partial charge >= 0.3 is 0 Å². The topological polar surface area (TPSA) is 76.3 Å². The first kappa shape index (κ1) is 12.0. The third kappa shape index (κ3) is 3.51. The summed E-state index contributed by atoms with van der Waals surface area (Å²) in [6.45, 7) is -0.0927. The molecule has 4 nitrogen and oxygen atoms in total. The quantitative estimate of drug-likeness (QED) is 0.766. The van der Waals surface area contributed by atoms with Crippen LogP contribution in [-0.4, -0.2) is 29.5 Å². The number of nitriles is 1. The van der Waals surface area contributed by atoms with Crippen LogP contribution in [0.15, 0.2) is 22.7 Å². The predicted molar refractivity (Wildman–Crippen MR) is 60.4 cm³/mol. The van der Waals surface area contributed by atoms with E-state index >= 15 is 0 Å². The Labute approximate surface area is 96.3 Å². The van der Waals surface area contributed by atoms with Gasteiger partial charge in [0.05, 0.1) is 24.0 Å². The summed E-state index contributed by atoms with van der Waals surface area (Å²) in [6.07, 6.45) is -0.824. The Kier molecular flexibility index (Phi) is 4.56. The van der Waals surface area contributed by atoms with Gasteiger partial charge in [-0.3, -0.25) is 0 Å². The smallest absolute Gasteiger partial charge is 0.101 e. The van der Waals surface area contributed by atoms with E-state index in [0.29, 0.717) is 11.3 Å². The second-order valence-electron chi connectivity index (χ2n) is 3.02. The van der Waals surface area contributed by atoms with Crippen molar-refractivity contribution in [2.24, 2.45) is 0 Å². The second kappa shape index (κ2) is 5.71. The van der Waals surface area contributed by atoms with E-state index in [1.165, 1.54) is 0 Å². The van der Waals surface area contributed by atoms with Gasteiger partial charge in [0.2, 0.25) is 0 Å². The number of benzene rings is 1. The highest BCUT2D eigenvalue weighted by Gasteiger charge is 2.05. The first-order valence-corrected chi connectivity index (χ1v) is 5.19. The molecule has 0 aromatic heterocycles. The molecule has 0 heterocycles. The highest BCUT2D eigenvalue weighted by Crippen LogP contribution is 2.20. The molecule has 0 bridgehead atoms. The van der Waals surface area contributed by atoms with Crippen LogP contribution in [-0.2, 0) is 0 Å². The van der Waals surface area contributed by atoms with E-state index in [0.717, 1.165) is 4.47 Å². The fraction of sp³-hybridized carbons (Fsp3) is 0.300. The Morgan fingerprint density at radius 1 is 1.53 bits per heavy atom. The third-order valence-corrected chi connectivity index (χ3v) is 2.33. The first-order valence-electron chi connectivity index (χ1n) is 4.40. The van der Waals surface area contributed by atoms with Gasteiger partial charge in [-0.1, -0.05) is 15.9 Å². The minimum Gasteiger partial charge on any atom is -0.394 e. The molecule has 1 aromatic carbocycles. The van der Waals surface area contributed by atoms with Crippen LogP contribution < -0.4 is 5.32 Å². The average molecular weight is 271 g/mol. The third-order valence-electron chi connectivity index (χ3n) is 1.84. The van der Waals surface area contributed by atoms with Crippen LogP contribution in [0.4, 0.5) is 5.69 Å². The molecule has 0 aliphatic carbocycles. The van der Waals surface area contributed by atoms with Crippen LogP contribution in [0.3, 0.4) is 0 Å². The number of nitrogens with one attached hydrogen (secondary N) is 1. The lowest BCUT2D eigenvalue weighted by molar-refractivity contribution is 0.105. The minimum atomic E-state index is -0.824. The Morgan fingerprint density at radius 3 is 2.87 bits per heavy atom. The van der Waals surface area contributed by atoms with Crippen molar-refractivity contribution in [2.45, 2.75) is 6.10 Å². The molecular weight excluding hydrogens is 260 g/mol. The van der Waals surface area contributed by atoms with Gasteiger partial charge in [0.25, 0.3) is 0 Å². The van der Waals surface area contributed by atoms with Crippen LogP contribution in [0.1, 0.15) is 5.56 Å². The van der Waals surface area contributed by atoms with Gasteiger partial charge in [0.15, 0.2) is 0 Å². The fourth-order valence-corrected chi connectivity index (χ4v) is 1.41.